The minimum absolute atomic E-state index is 0.0190. The highest BCUT2D eigenvalue weighted by Crippen LogP contribution is 2.35. The van der Waals surface area contributed by atoms with E-state index in [1.165, 1.54) is 37.5 Å². The molecular formula is C27H29ClFN5O3. The summed E-state index contributed by atoms with van der Waals surface area (Å²) < 4.78 is 20.9. The maximum absolute atomic E-state index is 15.1. The summed E-state index contributed by atoms with van der Waals surface area (Å²) in [5.74, 6) is 0.513. The molecular weight excluding hydrogens is 497 g/mol. The van der Waals surface area contributed by atoms with Crippen molar-refractivity contribution in [2.45, 2.75) is 58.0 Å². The van der Waals surface area contributed by atoms with Gasteiger partial charge in [0.25, 0.3) is 5.56 Å². The monoisotopic (exact) mass is 525 g/mol. The molecule has 2 amide bonds. The third-order valence-corrected chi connectivity index (χ3v) is 7.64. The first-order chi connectivity index (χ1) is 17.8. The van der Waals surface area contributed by atoms with Crippen LogP contribution in [0.5, 0.6) is 5.88 Å². The third kappa shape index (κ3) is 5.18. The molecule has 0 saturated heterocycles. The van der Waals surface area contributed by atoms with E-state index in [1.807, 2.05) is 13.8 Å². The fraction of sp³-hybridized carbons (Fsp3) is 0.407. The van der Waals surface area contributed by atoms with E-state index >= 15 is 4.39 Å². The molecule has 0 spiro atoms. The number of ether oxygens (including phenoxy) is 1. The van der Waals surface area contributed by atoms with Gasteiger partial charge in [0.2, 0.25) is 5.88 Å². The molecule has 2 N–H and O–H groups in total. The van der Waals surface area contributed by atoms with E-state index in [1.54, 1.807) is 23.2 Å². The number of anilines is 1. The highest BCUT2D eigenvalue weighted by molar-refractivity contribution is 6.33. The van der Waals surface area contributed by atoms with Crippen LogP contribution in [0.2, 0.25) is 5.02 Å². The molecule has 194 valence electrons. The van der Waals surface area contributed by atoms with E-state index in [-0.39, 0.29) is 22.3 Å². The number of amides is 2. The molecule has 2 aromatic heterocycles. The summed E-state index contributed by atoms with van der Waals surface area (Å²) in [5, 5.41) is 9.54. The summed E-state index contributed by atoms with van der Waals surface area (Å²) in [6.45, 7) is 4.46. The number of hydrogen-bond acceptors (Lipinski definition) is 5. The van der Waals surface area contributed by atoms with Gasteiger partial charge in [0.05, 0.1) is 29.1 Å². The van der Waals surface area contributed by atoms with Gasteiger partial charge in [0.1, 0.15) is 5.82 Å². The summed E-state index contributed by atoms with van der Waals surface area (Å²) >= 11 is 6.51. The van der Waals surface area contributed by atoms with E-state index in [0.29, 0.717) is 48.1 Å². The second kappa shape index (κ2) is 10.5. The predicted molar refractivity (Wildman–Crippen MR) is 139 cm³/mol. The first-order valence-corrected chi connectivity index (χ1v) is 13.0. The van der Waals surface area contributed by atoms with Crippen LogP contribution in [0.3, 0.4) is 0 Å². The van der Waals surface area contributed by atoms with Crippen LogP contribution in [-0.2, 0) is 6.42 Å². The third-order valence-electron chi connectivity index (χ3n) is 7.33. The Morgan fingerprint density at radius 2 is 2.11 bits per heavy atom. The van der Waals surface area contributed by atoms with Crippen LogP contribution in [0.4, 0.5) is 14.9 Å². The van der Waals surface area contributed by atoms with E-state index in [0.717, 1.165) is 5.56 Å². The molecule has 0 radical (unpaired) electrons. The quantitative estimate of drug-likeness (QED) is 0.428. The van der Waals surface area contributed by atoms with Crippen LogP contribution in [0.15, 0.2) is 41.3 Å². The summed E-state index contributed by atoms with van der Waals surface area (Å²) in [4.78, 5) is 31.0. The van der Waals surface area contributed by atoms with Crippen molar-refractivity contribution in [1.82, 2.24) is 20.1 Å². The number of urea groups is 1. The zero-order valence-corrected chi connectivity index (χ0v) is 21.5. The van der Waals surface area contributed by atoms with Gasteiger partial charge in [-0.3, -0.25) is 4.79 Å². The first-order valence-electron chi connectivity index (χ1n) is 12.6. The van der Waals surface area contributed by atoms with E-state index in [4.69, 9.17) is 16.3 Å². The van der Waals surface area contributed by atoms with Gasteiger partial charge in [0, 0.05) is 35.5 Å². The highest BCUT2D eigenvalue weighted by atomic mass is 35.5. The van der Waals surface area contributed by atoms with Crippen LogP contribution in [-0.4, -0.2) is 38.8 Å². The second-order valence-corrected chi connectivity index (χ2v) is 10.1. The van der Waals surface area contributed by atoms with Crippen molar-refractivity contribution < 1.29 is 13.9 Å². The summed E-state index contributed by atoms with van der Waals surface area (Å²) in [6.07, 6.45) is 6.40. The van der Waals surface area contributed by atoms with Gasteiger partial charge in [-0.25, -0.2) is 19.3 Å². The Hall–Kier alpha value is -3.46. The average molecular weight is 526 g/mol. The molecule has 1 fully saturated rings. The molecule has 1 aromatic carbocycles. The number of aromatic nitrogens is 3. The minimum atomic E-state index is -0.612. The minimum Gasteiger partial charge on any atom is -0.477 e. The summed E-state index contributed by atoms with van der Waals surface area (Å²) in [6, 6.07) is 6.73. The van der Waals surface area contributed by atoms with Gasteiger partial charge in [-0.1, -0.05) is 24.9 Å². The number of benzene rings is 1. The molecule has 8 nitrogen and oxygen atoms in total. The van der Waals surface area contributed by atoms with Crippen molar-refractivity contribution >= 4 is 23.3 Å². The molecule has 0 bridgehead atoms. The number of halogens is 2. The smallest absolute Gasteiger partial charge is 0.322 e. The zero-order chi connectivity index (χ0) is 26.1. The van der Waals surface area contributed by atoms with Gasteiger partial charge >= 0.3 is 6.03 Å². The Labute approximate surface area is 219 Å². The Balaban J connectivity index is 1.32. The number of nitrogens with zero attached hydrogens (tertiary/aromatic N) is 3. The van der Waals surface area contributed by atoms with Gasteiger partial charge in [0.15, 0.2) is 0 Å². The van der Waals surface area contributed by atoms with E-state index in [2.05, 4.69) is 20.5 Å². The summed E-state index contributed by atoms with van der Waals surface area (Å²) in [5.41, 5.74) is 2.26. The van der Waals surface area contributed by atoms with Gasteiger partial charge in [-0.2, -0.15) is 5.10 Å². The largest absolute Gasteiger partial charge is 0.477 e. The van der Waals surface area contributed by atoms with Crippen molar-refractivity contribution in [3.8, 4) is 17.0 Å². The molecule has 2 atom stereocenters. The Morgan fingerprint density at radius 3 is 2.78 bits per heavy atom. The van der Waals surface area contributed by atoms with Crippen LogP contribution in [0.1, 0.15) is 56.8 Å². The van der Waals surface area contributed by atoms with Crippen molar-refractivity contribution in [3.05, 3.63) is 69.0 Å². The zero-order valence-electron chi connectivity index (χ0n) is 20.8. The number of H-pyrrole nitrogens is 1. The molecule has 10 heteroatoms. The Morgan fingerprint density at radius 1 is 1.30 bits per heavy atom. The molecule has 1 aliphatic carbocycles. The van der Waals surface area contributed by atoms with Crippen LogP contribution < -0.4 is 15.6 Å². The van der Waals surface area contributed by atoms with E-state index < -0.39 is 17.9 Å². The fourth-order valence-corrected chi connectivity index (χ4v) is 5.26. The standard InChI is InChI=1S/C27H29ClFN5O3/c1-3-19-9-18-10-24(35)32-33-26(18)15(2)34(19)27(36)31-23-12-21(28)20(11-22(23)29)17-7-8-25(30-13-17)37-14-16-5-4-6-16/h7-8,10-13,15-16,19H,3-6,9,14H2,1-2H3,(H,31,36)(H,32,35). The lowest BCUT2D eigenvalue weighted by Crippen LogP contribution is -2.49. The number of rotatable bonds is 6. The van der Waals surface area contributed by atoms with Crippen LogP contribution >= 0.6 is 11.6 Å². The number of nitrogens with one attached hydrogen (secondary N) is 2. The molecule has 2 aliphatic rings. The van der Waals surface area contributed by atoms with Crippen molar-refractivity contribution in [2.24, 2.45) is 5.92 Å². The number of fused-ring (bicyclic) bond motifs is 1. The van der Waals surface area contributed by atoms with Gasteiger partial charge in [-0.05, 0) is 62.3 Å². The molecule has 3 aromatic rings. The van der Waals surface area contributed by atoms with E-state index in [9.17, 15) is 9.59 Å². The highest BCUT2D eigenvalue weighted by Gasteiger charge is 2.36. The van der Waals surface area contributed by atoms with Gasteiger partial charge in [-0.15, -0.1) is 0 Å². The number of carbonyl (C=O) groups is 1. The fourth-order valence-electron chi connectivity index (χ4n) is 4.99. The van der Waals surface area contributed by atoms with Gasteiger partial charge < -0.3 is 15.0 Å². The molecule has 37 heavy (non-hydrogen) atoms. The van der Waals surface area contributed by atoms with Crippen molar-refractivity contribution in [2.75, 3.05) is 11.9 Å². The topological polar surface area (TPSA) is 100 Å². The average Bonchev–Trinajstić information content (AvgIpc) is 2.85. The molecule has 1 aliphatic heterocycles. The van der Waals surface area contributed by atoms with Crippen molar-refractivity contribution in [1.29, 1.82) is 0 Å². The number of carbonyl (C=O) groups excluding carboxylic acids is 1. The lowest BCUT2D eigenvalue weighted by Gasteiger charge is -2.40. The maximum atomic E-state index is 15.1. The van der Waals surface area contributed by atoms with Crippen LogP contribution in [0, 0.1) is 11.7 Å². The SMILES string of the molecule is CCC1Cc2cc(=O)[nH]nc2C(C)N1C(=O)Nc1cc(Cl)c(-c2ccc(OCC3CCC3)nc2)cc1F. The lowest BCUT2D eigenvalue weighted by molar-refractivity contribution is 0.145. The second-order valence-electron chi connectivity index (χ2n) is 9.73. The predicted octanol–water partition coefficient (Wildman–Crippen LogP) is 5.73. The summed E-state index contributed by atoms with van der Waals surface area (Å²) in [7, 11) is 0. The molecule has 5 rings (SSSR count). The maximum Gasteiger partial charge on any atom is 0.322 e. The molecule has 2 unspecified atom stereocenters. The number of aromatic amines is 1. The normalized spacial score (nSPS) is 19.2. The molecule has 1 saturated carbocycles. The Bertz CT molecular complexity index is 1360. The van der Waals surface area contributed by atoms with Crippen molar-refractivity contribution in [3.63, 3.8) is 0 Å². The molecule has 3 heterocycles. The lowest BCUT2D eigenvalue weighted by atomic mass is 9.86. The number of pyridine rings is 1. The van der Waals surface area contributed by atoms with Crippen LogP contribution in [0.25, 0.3) is 11.1 Å². The number of hydrogen-bond donors (Lipinski definition) is 2. The Kier molecular flexibility index (Phi) is 7.15. The first kappa shape index (κ1) is 25.2.